The maximum Gasteiger partial charge on any atom is 0.343 e. The first-order valence-electron chi connectivity index (χ1n) is 11.6. The molecule has 4 rings (SSSR count). The van der Waals surface area contributed by atoms with E-state index in [0.717, 1.165) is 52.0 Å². The highest BCUT2D eigenvalue weighted by atomic mass is 16.5. The topological polar surface area (TPSA) is 80.1 Å². The van der Waals surface area contributed by atoms with E-state index in [1.54, 1.807) is 33.0 Å². The molecule has 2 heterocycles. The number of carbonyl (C=O) groups excluding carboxylic acids is 1. The Labute approximate surface area is 200 Å². The minimum Gasteiger partial charge on any atom is -0.497 e. The summed E-state index contributed by atoms with van der Waals surface area (Å²) in [5.74, 6) is 1.78. The molecule has 1 aromatic heterocycles. The Morgan fingerprint density at radius 2 is 1.71 bits per heavy atom. The van der Waals surface area contributed by atoms with Crippen molar-refractivity contribution in [1.82, 2.24) is 19.7 Å². The van der Waals surface area contributed by atoms with E-state index in [4.69, 9.17) is 14.6 Å². The first kappa shape index (κ1) is 23.6. The molecular weight excluding hydrogens is 432 g/mol. The molecule has 0 aliphatic carbocycles. The van der Waals surface area contributed by atoms with E-state index >= 15 is 0 Å². The highest BCUT2D eigenvalue weighted by Gasteiger charge is 2.29. The number of piperidine rings is 1. The molecule has 0 atom stereocenters. The van der Waals surface area contributed by atoms with Gasteiger partial charge in [0.2, 0.25) is 0 Å². The molecule has 8 nitrogen and oxygen atoms in total. The van der Waals surface area contributed by atoms with Gasteiger partial charge < -0.3 is 14.4 Å². The van der Waals surface area contributed by atoms with Gasteiger partial charge >= 0.3 is 6.03 Å². The zero-order valence-corrected chi connectivity index (χ0v) is 20.1. The lowest BCUT2D eigenvalue weighted by Crippen LogP contribution is -2.47. The lowest BCUT2D eigenvalue weighted by molar-refractivity contribution is -0.0814. The molecule has 1 N–H and O–H groups in total. The van der Waals surface area contributed by atoms with Crippen LogP contribution < -0.4 is 9.47 Å². The smallest absolute Gasteiger partial charge is 0.343 e. The van der Waals surface area contributed by atoms with E-state index in [1.165, 1.54) is 0 Å². The number of rotatable bonds is 6. The van der Waals surface area contributed by atoms with Gasteiger partial charge in [-0.1, -0.05) is 6.07 Å². The summed E-state index contributed by atoms with van der Waals surface area (Å²) >= 11 is 0. The Bertz CT molecular complexity index is 1120. The van der Waals surface area contributed by atoms with E-state index < -0.39 is 0 Å². The summed E-state index contributed by atoms with van der Waals surface area (Å²) in [5, 5.41) is 15.8. The first-order valence-corrected chi connectivity index (χ1v) is 11.6. The molecule has 0 saturated carbocycles. The largest absolute Gasteiger partial charge is 0.497 e. The molecule has 1 aliphatic heterocycles. The van der Waals surface area contributed by atoms with Gasteiger partial charge in [-0.15, -0.1) is 0 Å². The quantitative estimate of drug-likeness (QED) is 0.412. The summed E-state index contributed by atoms with van der Waals surface area (Å²) in [6, 6.07) is 17.3. The van der Waals surface area contributed by atoms with Gasteiger partial charge in [-0.3, -0.25) is 5.21 Å². The van der Waals surface area contributed by atoms with Crippen LogP contribution in [0.1, 0.15) is 38.3 Å². The third-order valence-corrected chi connectivity index (χ3v) is 6.28. The van der Waals surface area contributed by atoms with Crippen molar-refractivity contribution in [3.8, 4) is 28.4 Å². The summed E-state index contributed by atoms with van der Waals surface area (Å²) < 4.78 is 12.7. The molecule has 8 heteroatoms. The molecule has 0 radical (unpaired) electrons. The number of carbonyl (C=O) groups is 1. The molecule has 0 bridgehead atoms. The van der Waals surface area contributed by atoms with Gasteiger partial charge in [-0.05, 0) is 69.2 Å². The summed E-state index contributed by atoms with van der Waals surface area (Å²) in [5.41, 5.74) is 3.91. The maximum absolute atomic E-state index is 12.5. The second-order valence-electron chi connectivity index (χ2n) is 8.78. The van der Waals surface area contributed by atoms with Crippen molar-refractivity contribution in [2.24, 2.45) is 0 Å². The summed E-state index contributed by atoms with van der Waals surface area (Å²) in [6.45, 7) is 4.74. The molecule has 1 saturated heterocycles. The number of benzene rings is 2. The van der Waals surface area contributed by atoms with E-state index in [1.807, 2.05) is 53.2 Å². The number of likely N-dealkylation sites (tertiary alicyclic amines) is 1. The van der Waals surface area contributed by atoms with Crippen LogP contribution in [0.3, 0.4) is 0 Å². The van der Waals surface area contributed by atoms with Gasteiger partial charge in [0.1, 0.15) is 11.5 Å². The summed E-state index contributed by atoms with van der Waals surface area (Å²) in [4.78, 5) is 14.2. The lowest BCUT2D eigenvalue weighted by Gasteiger charge is -2.34. The molecule has 34 heavy (non-hydrogen) atoms. The number of hydrogen-bond acceptors (Lipinski definition) is 5. The zero-order chi connectivity index (χ0) is 24.2. The second-order valence-corrected chi connectivity index (χ2v) is 8.78. The molecule has 2 aromatic carbocycles. The summed E-state index contributed by atoms with van der Waals surface area (Å²) in [6.07, 6.45) is 1.57. The highest BCUT2D eigenvalue weighted by Crippen LogP contribution is 2.33. The second kappa shape index (κ2) is 10.2. The van der Waals surface area contributed by atoms with Gasteiger partial charge in [0.05, 0.1) is 37.3 Å². The van der Waals surface area contributed by atoms with E-state index in [0.29, 0.717) is 13.1 Å². The number of amides is 2. The van der Waals surface area contributed by atoms with E-state index in [9.17, 15) is 10.0 Å². The lowest BCUT2D eigenvalue weighted by atomic mass is 9.93. The van der Waals surface area contributed by atoms with Crippen LogP contribution in [0.15, 0.2) is 54.6 Å². The Hall–Kier alpha value is -3.52. The Morgan fingerprint density at radius 1 is 1.03 bits per heavy atom. The van der Waals surface area contributed by atoms with E-state index in [2.05, 4.69) is 6.07 Å². The van der Waals surface area contributed by atoms with Gasteiger partial charge in [-0.25, -0.2) is 14.5 Å². The van der Waals surface area contributed by atoms with E-state index in [-0.39, 0.29) is 18.0 Å². The summed E-state index contributed by atoms with van der Waals surface area (Å²) in [7, 11) is 3.31. The van der Waals surface area contributed by atoms with Crippen LogP contribution >= 0.6 is 0 Å². The van der Waals surface area contributed by atoms with Crippen molar-refractivity contribution in [3.05, 3.63) is 60.3 Å². The molecular formula is C26H32N4O4. The number of ether oxygens (including phenoxy) is 2. The highest BCUT2D eigenvalue weighted by molar-refractivity contribution is 5.73. The standard InChI is InChI=1S/C26H32N4O4/c1-18(2)30(32)26(31)28-14-12-19(13-15-28)24-17-25(20-8-10-22(33-3)11-9-20)29(27-24)21-6-5-7-23(16-21)34-4/h5-11,16-19,32H,12-15H2,1-4H3. The van der Waals surface area contributed by atoms with Gasteiger partial charge in [0.15, 0.2) is 0 Å². The van der Waals surface area contributed by atoms with Crippen LogP contribution in [-0.4, -0.2) is 64.3 Å². The Morgan fingerprint density at radius 3 is 2.32 bits per heavy atom. The van der Waals surface area contributed by atoms with Gasteiger partial charge in [-0.2, -0.15) is 5.10 Å². The fraction of sp³-hybridized carbons (Fsp3) is 0.385. The molecule has 1 aliphatic rings. The Balaban J connectivity index is 1.62. The predicted molar refractivity (Wildman–Crippen MR) is 130 cm³/mol. The molecule has 3 aromatic rings. The molecule has 180 valence electrons. The fourth-order valence-corrected chi connectivity index (χ4v) is 4.24. The van der Waals surface area contributed by atoms with Gasteiger partial charge in [0.25, 0.3) is 0 Å². The average Bonchev–Trinajstić information content (AvgIpc) is 3.33. The SMILES string of the molecule is COc1ccc(-c2cc(C3CCN(C(=O)N(O)C(C)C)CC3)nn2-c2cccc(OC)c2)cc1. The minimum absolute atomic E-state index is 0.221. The number of methoxy groups -OCH3 is 2. The van der Waals surface area contributed by atoms with Crippen molar-refractivity contribution < 1.29 is 19.5 Å². The number of hydroxylamine groups is 2. The zero-order valence-electron chi connectivity index (χ0n) is 20.1. The minimum atomic E-state index is -0.339. The molecule has 0 spiro atoms. The van der Waals surface area contributed by atoms with Gasteiger partial charge in [0, 0.05) is 30.6 Å². The first-order chi connectivity index (χ1) is 16.4. The average molecular weight is 465 g/mol. The van der Waals surface area contributed by atoms with Crippen LogP contribution in [-0.2, 0) is 0 Å². The predicted octanol–water partition coefficient (Wildman–Crippen LogP) is 4.96. The molecule has 1 fully saturated rings. The van der Waals surface area contributed by atoms with Crippen molar-refractivity contribution >= 4 is 6.03 Å². The monoisotopic (exact) mass is 464 g/mol. The van der Waals surface area contributed by atoms with Crippen molar-refractivity contribution in [1.29, 1.82) is 0 Å². The molecule has 0 unspecified atom stereocenters. The fourth-order valence-electron chi connectivity index (χ4n) is 4.24. The number of nitrogens with zero attached hydrogens (tertiary/aromatic N) is 4. The Kier molecular flexibility index (Phi) is 7.07. The van der Waals surface area contributed by atoms with Crippen LogP contribution in [0.4, 0.5) is 4.79 Å². The van der Waals surface area contributed by atoms with Crippen molar-refractivity contribution in [2.75, 3.05) is 27.3 Å². The van der Waals surface area contributed by atoms with Crippen molar-refractivity contribution in [3.63, 3.8) is 0 Å². The van der Waals surface area contributed by atoms with Crippen LogP contribution in [0.25, 0.3) is 16.9 Å². The molecule has 2 amide bonds. The number of urea groups is 1. The normalized spacial score (nSPS) is 14.4. The van der Waals surface area contributed by atoms with Crippen LogP contribution in [0, 0.1) is 0 Å². The number of hydrogen-bond donors (Lipinski definition) is 1. The van der Waals surface area contributed by atoms with Crippen molar-refractivity contribution in [2.45, 2.75) is 38.6 Å². The third-order valence-electron chi connectivity index (χ3n) is 6.28. The third kappa shape index (κ3) is 4.87. The number of aromatic nitrogens is 2. The van der Waals surface area contributed by atoms with Crippen LogP contribution in [0.5, 0.6) is 11.5 Å². The maximum atomic E-state index is 12.5. The van der Waals surface area contributed by atoms with Crippen LogP contribution in [0.2, 0.25) is 0 Å².